The van der Waals surface area contributed by atoms with Gasteiger partial charge in [0.15, 0.2) is 0 Å². The zero-order chi connectivity index (χ0) is 15.1. The number of benzene rings is 1. The molecule has 1 unspecified atom stereocenters. The maximum Gasteiger partial charge on any atom is 0.324 e. The molecule has 1 aromatic carbocycles. The highest BCUT2D eigenvalue weighted by molar-refractivity contribution is 9.09. The average molecular weight is 345 g/mol. The molecular formula is C15H21BrO4. The van der Waals surface area contributed by atoms with Crippen LogP contribution in [0.3, 0.4) is 0 Å². The molecule has 1 aromatic rings. The van der Waals surface area contributed by atoms with Crippen molar-refractivity contribution < 1.29 is 19.0 Å². The summed E-state index contributed by atoms with van der Waals surface area (Å²) in [7, 11) is 1.58. The van der Waals surface area contributed by atoms with Gasteiger partial charge in [-0.05, 0) is 38.5 Å². The van der Waals surface area contributed by atoms with E-state index in [0.717, 1.165) is 11.1 Å². The lowest BCUT2D eigenvalue weighted by atomic mass is 10.1. The molecule has 0 spiro atoms. The molecule has 0 aliphatic rings. The molecule has 0 amide bonds. The fourth-order valence-electron chi connectivity index (χ4n) is 1.68. The Bertz CT molecular complexity index is 445. The monoisotopic (exact) mass is 344 g/mol. The van der Waals surface area contributed by atoms with Crippen LogP contribution in [-0.4, -0.2) is 25.8 Å². The van der Waals surface area contributed by atoms with E-state index in [0.29, 0.717) is 19.0 Å². The van der Waals surface area contributed by atoms with Gasteiger partial charge >= 0.3 is 5.97 Å². The van der Waals surface area contributed by atoms with E-state index in [9.17, 15) is 4.79 Å². The van der Waals surface area contributed by atoms with Crippen molar-refractivity contribution in [2.45, 2.75) is 38.3 Å². The van der Waals surface area contributed by atoms with Gasteiger partial charge in [0.1, 0.15) is 10.6 Å². The summed E-state index contributed by atoms with van der Waals surface area (Å²) < 4.78 is 15.9. The number of methoxy groups -OCH3 is 1. The third-order valence-corrected chi connectivity index (χ3v) is 3.51. The van der Waals surface area contributed by atoms with Gasteiger partial charge in [-0.25, -0.2) is 0 Å². The summed E-state index contributed by atoms with van der Waals surface area (Å²) in [5, 5.41) is 0. The lowest BCUT2D eigenvalue weighted by Gasteiger charge is -2.15. The van der Waals surface area contributed by atoms with Gasteiger partial charge in [0.05, 0.1) is 26.4 Å². The molecule has 0 fully saturated rings. The second kappa shape index (κ2) is 8.27. The van der Waals surface area contributed by atoms with Crippen molar-refractivity contribution in [3.8, 4) is 5.75 Å². The highest BCUT2D eigenvalue weighted by Gasteiger charge is 2.22. The maximum absolute atomic E-state index is 11.8. The van der Waals surface area contributed by atoms with Gasteiger partial charge in [-0.15, -0.1) is 0 Å². The van der Waals surface area contributed by atoms with E-state index in [2.05, 4.69) is 15.9 Å². The van der Waals surface area contributed by atoms with Crippen LogP contribution >= 0.6 is 15.9 Å². The molecule has 0 aliphatic heterocycles. The predicted octanol–water partition coefficient (Wildman–Crippen LogP) is 3.62. The van der Waals surface area contributed by atoms with E-state index in [1.54, 1.807) is 14.0 Å². The molecular weight excluding hydrogens is 324 g/mol. The molecule has 0 heterocycles. The minimum absolute atomic E-state index is 0.158. The Labute approximate surface area is 128 Å². The van der Waals surface area contributed by atoms with E-state index >= 15 is 0 Å². The first-order valence-corrected chi connectivity index (χ1v) is 7.50. The van der Waals surface area contributed by atoms with Crippen LogP contribution in [0.15, 0.2) is 18.2 Å². The number of hydrogen-bond donors (Lipinski definition) is 0. The highest BCUT2D eigenvalue weighted by Crippen LogP contribution is 2.33. The fourth-order valence-corrected chi connectivity index (χ4v) is 2.17. The van der Waals surface area contributed by atoms with Gasteiger partial charge in [0.2, 0.25) is 0 Å². The van der Waals surface area contributed by atoms with E-state index in [4.69, 9.17) is 14.2 Å². The number of esters is 1. The van der Waals surface area contributed by atoms with Crippen LogP contribution in [0.1, 0.15) is 36.7 Å². The zero-order valence-electron chi connectivity index (χ0n) is 12.3. The van der Waals surface area contributed by atoms with Crippen molar-refractivity contribution in [2.75, 3.05) is 13.7 Å². The summed E-state index contributed by atoms with van der Waals surface area (Å²) in [5.41, 5.74) is 1.74. The third kappa shape index (κ3) is 4.80. The summed E-state index contributed by atoms with van der Waals surface area (Å²) in [4.78, 5) is 11.3. The van der Waals surface area contributed by atoms with Crippen LogP contribution in [0.4, 0.5) is 0 Å². The normalized spacial score (nSPS) is 12.3. The topological polar surface area (TPSA) is 44.8 Å². The third-order valence-electron chi connectivity index (χ3n) is 2.64. The number of carbonyl (C=O) groups is 1. The Morgan fingerprint density at radius 1 is 1.35 bits per heavy atom. The fraction of sp³-hybridized carbons (Fsp3) is 0.533. The van der Waals surface area contributed by atoms with E-state index < -0.39 is 4.83 Å². The van der Waals surface area contributed by atoms with Gasteiger partial charge in [-0.1, -0.05) is 22.0 Å². The Morgan fingerprint density at radius 3 is 2.60 bits per heavy atom. The second-order valence-corrected chi connectivity index (χ2v) is 5.47. The van der Waals surface area contributed by atoms with Crippen LogP contribution in [0.25, 0.3) is 0 Å². The molecule has 1 rings (SSSR count). The molecule has 0 saturated heterocycles. The Kier molecular flexibility index (Phi) is 7.02. The molecule has 112 valence electrons. The van der Waals surface area contributed by atoms with Crippen LogP contribution < -0.4 is 4.74 Å². The molecule has 20 heavy (non-hydrogen) atoms. The molecule has 0 aliphatic carbocycles. The summed E-state index contributed by atoms with van der Waals surface area (Å²) in [6.45, 7) is 6.59. The van der Waals surface area contributed by atoms with E-state index in [1.165, 1.54) is 0 Å². The van der Waals surface area contributed by atoms with Gasteiger partial charge in [-0.2, -0.15) is 0 Å². The van der Waals surface area contributed by atoms with Crippen LogP contribution in [0.2, 0.25) is 0 Å². The average Bonchev–Trinajstić information content (AvgIpc) is 2.44. The largest absolute Gasteiger partial charge is 0.496 e. The van der Waals surface area contributed by atoms with Crippen molar-refractivity contribution in [1.82, 2.24) is 0 Å². The number of hydrogen-bond acceptors (Lipinski definition) is 4. The maximum atomic E-state index is 11.8. The summed E-state index contributed by atoms with van der Waals surface area (Å²) in [6.07, 6.45) is 0.158. The Hall–Kier alpha value is -1.07. The number of alkyl halides is 1. The SMILES string of the molecule is CCOC(=O)C(Br)c1cc(COC(C)C)ccc1OC. The minimum Gasteiger partial charge on any atom is -0.496 e. The molecule has 0 N–H and O–H groups in total. The molecule has 0 saturated carbocycles. The summed E-state index contributed by atoms with van der Waals surface area (Å²) >= 11 is 3.36. The molecule has 5 heteroatoms. The van der Waals surface area contributed by atoms with Crippen molar-refractivity contribution in [3.63, 3.8) is 0 Å². The smallest absolute Gasteiger partial charge is 0.324 e. The molecule has 4 nitrogen and oxygen atoms in total. The standard InChI is InChI=1S/C15H21BrO4/c1-5-19-15(17)14(16)12-8-11(9-20-10(2)3)6-7-13(12)18-4/h6-8,10,14H,5,9H2,1-4H3. The summed E-state index contributed by atoms with van der Waals surface area (Å²) in [5.74, 6) is 0.320. The lowest BCUT2D eigenvalue weighted by molar-refractivity contribution is -0.142. The van der Waals surface area contributed by atoms with Gasteiger partial charge in [0.25, 0.3) is 0 Å². The van der Waals surface area contributed by atoms with Crippen LogP contribution in [-0.2, 0) is 20.9 Å². The Balaban J connectivity index is 2.96. The van der Waals surface area contributed by atoms with Crippen LogP contribution in [0, 0.1) is 0 Å². The van der Waals surface area contributed by atoms with Gasteiger partial charge < -0.3 is 14.2 Å². The van der Waals surface area contributed by atoms with E-state index in [-0.39, 0.29) is 12.1 Å². The number of halogens is 1. The highest BCUT2D eigenvalue weighted by atomic mass is 79.9. The van der Waals surface area contributed by atoms with Crippen LogP contribution in [0.5, 0.6) is 5.75 Å². The first-order chi connectivity index (χ1) is 9.49. The number of rotatable bonds is 7. The van der Waals surface area contributed by atoms with E-state index in [1.807, 2.05) is 32.0 Å². The van der Waals surface area contributed by atoms with Crippen molar-refractivity contribution in [1.29, 1.82) is 0 Å². The molecule has 0 aromatic heterocycles. The zero-order valence-corrected chi connectivity index (χ0v) is 13.9. The lowest BCUT2D eigenvalue weighted by Crippen LogP contribution is -2.12. The molecule has 0 radical (unpaired) electrons. The van der Waals surface area contributed by atoms with Crippen molar-refractivity contribution in [3.05, 3.63) is 29.3 Å². The Morgan fingerprint density at radius 2 is 2.05 bits per heavy atom. The number of ether oxygens (including phenoxy) is 3. The van der Waals surface area contributed by atoms with Gasteiger partial charge in [0, 0.05) is 5.56 Å². The minimum atomic E-state index is -0.545. The first-order valence-electron chi connectivity index (χ1n) is 6.58. The van der Waals surface area contributed by atoms with Gasteiger partial charge in [-0.3, -0.25) is 4.79 Å². The number of carbonyl (C=O) groups excluding carboxylic acids is 1. The summed E-state index contributed by atoms with van der Waals surface area (Å²) in [6, 6.07) is 5.66. The quantitative estimate of drug-likeness (QED) is 0.559. The predicted molar refractivity (Wildman–Crippen MR) is 81.2 cm³/mol. The second-order valence-electron chi connectivity index (χ2n) is 4.55. The molecule has 1 atom stereocenters. The molecule has 0 bridgehead atoms. The first kappa shape index (κ1) is 17.0. The van der Waals surface area contributed by atoms with Crippen molar-refractivity contribution in [2.24, 2.45) is 0 Å². The van der Waals surface area contributed by atoms with Crippen molar-refractivity contribution >= 4 is 21.9 Å².